The van der Waals surface area contributed by atoms with Crippen molar-refractivity contribution in [1.29, 1.82) is 0 Å². The van der Waals surface area contributed by atoms with Crippen molar-refractivity contribution in [3.8, 4) is 5.69 Å². The number of halogens is 3. The Labute approximate surface area is 171 Å². The van der Waals surface area contributed by atoms with Crippen LogP contribution in [0, 0.1) is 13.8 Å². The summed E-state index contributed by atoms with van der Waals surface area (Å²) in [5.41, 5.74) is 0.786. The van der Waals surface area contributed by atoms with Gasteiger partial charge in [0.15, 0.2) is 0 Å². The van der Waals surface area contributed by atoms with E-state index in [1.165, 1.54) is 11.1 Å². The molecule has 3 rings (SSSR count). The summed E-state index contributed by atoms with van der Waals surface area (Å²) in [5, 5.41) is 4.53. The lowest BCUT2D eigenvalue weighted by molar-refractivity contribution is -0.139. The lowest BCUT2D eigenvalue weighted by Crippen LogP contribution is -2.35. The quantitative estimate of drug-likeness (QED) is 0.639. The molecule has 9 heteroatoms. The van der Waals surface area contributed by atoms with E-state index in [2.05, 4.69) is 5.10 Å². The Bertz CT molecular complexity index is 1120. The highest BCUT2D eigenvalue weighted by Gasteiger charge is 2.34. The van der Waals surface area contributed by atoms with Gasteiger partial charge in [0, 0.05) is 31.0 Å². The third kappa shape index (κ3) is 4.29. The first-order valence-electron chi connectivity index (χ1n) is 9.20. The fourth-order valence-corrected chi connectivity index (χ4v) is 3.19. The SMILES string of the molecule is Cc1nn(-c2ccccc2)c(C)c1CN(C)C(=O)Cn1cccc(C(F)(F)F)c1=O. The van der Waals surface area contributed by atoms with Gasteiger partial charge in [-0.3, -0.25) is 9.59 Å². The van der Waals surface area contributed by atoms with Gasteiger partial charge in [-0.15, -0.1) is 0 Å². The van der Waals surface area contributed by atoms with Gasteiger partial charge in [0.1, 0.15) is 12.1 Å². The first kappa shape index (κ1) is 21.4. The highest BCUT2D eigenvalue weighted by Crippen LogP contribution is 2.26. The molecule has 1 aromatic carbocycles. The number of hydrogen-bond donors (Lipinski definition) is 0. The average molecular weight is 418 g/mol. The van der Waals surface area contributed by atoms with Crippen LogP contribution in [-0.4, -0.2) is 32.2 Å². The summed E-state index contributed by atoms with van der Waals surface area (Å²) in [7, 11) is 1.54. The largest absolute Gasteiger partial charge is 0.421 e. The second-order valence-electron chi connectivity index (χ2n) is 7.00. The van der Waals surface area contributed by atoms with E-state index >= 15 is 0 Å². The van der Waals surface area contributed by atoms with Crippen LogP contribution in [0.25, 0.3) is 5.69 Å². The van der Waals surface area contributed by atoms with Gasteiger partial charge in [-0.1, -0.05) is 18.2 Å². The number of likely N-dealkylation sites (N-methyl/N-ethyl adjacent to an activating group) is 1. The Morgan fingerprint density at radius 2 is 1.77 bits per heavy atom. The van der Waals surface area contributed by atoms with Crippen LogP contribution in [0.1, 0.15) is 22.5 Å². The molecule has 0 atom stereocenters. The van der Waals surface area contributed by atoms with Crippen LogP contribution in [0.3, 0.4) is 0 Å². The zero-order valence-corrected chi connectivity index (χ0v) is 16.8. The van der Waals surface area contributed by atoms with Gasteiger partial charge in [-0.25, -0.2) is 4.68 Å². The minimum Gasteiger partial charge on any atom is -0.340 e. The van der Waals surface area contributed by atoms with E-state index in [1.807, 2.05) is 44.2 Å². The molecule has 1 amide bonds. The van der Waals surface area contributed by atoms with Gasteiger partial charge < -0.3 is 9.47 Å². The molecule has 2 heterocycles. The number of hydrogen-bond acceptors (Lipinski definition) is 3. The standard InChI is InChI=1S/C21H21F3N4O2/c1-14-17(15(2)28(25-14)16-8-5-4-6-9-16)12-26(3)19(29)13-27-11-7-10-18(20(27)30)21(22,23)24/h4-11H,12-13H2,1-3H3. The molecule has 0 N–H and O–H groups in total. The number of aromatic nitrogens is 3. The summed E-state index contributed by atoms with van der Waals surface area (Å²) in [6.45, 7) is 3.45. The van der Waals surface area contributed by atoms with Crippen LogP contribution in [0.15, 0.2) is 53.5 Å². The Kier molecular flexibility index (Phi) is 5.82. The molecule has 0 bridgehead atoms. The molecular weight excluding hydrogens is 397 g/mol. The molecule has 0 saturated heterocycles. The van der Waals surface area contributed by atoms with Gasteiger partial charge in [-0.2, -0.15) is 18.3 Å². The maximum Gasteiger partial charge on any atom is 0.421 e. The summed E-state index contributed by atoms with van der Waals surface area (Å²) in [4.78, 5) is 26.0. The third-order valence-electron chi connectivity index (χ3n) is 4.89. The molecule has 0 radical (unpaired) electrons. The third-order valence-corrected chi connectivity index (χ3v) is 4.89. The van der Waals surface area contributed by atoms with Crippen molar-refractivity contribution < 1.29 is 18.0 Å². The summed E-state index contributed by atoms with van der Waals surface area (Å²) in [5.74, 6) is -0.484. The lowest BCUT2D eigenvalue weighted by Gasteiger charge is -2.19. The molecule has 0 aliphatic rings. The summed E-state index contributed by atoms with van der Waals surface area (Å²) < 4.78 is 41.3. The van der Waals surface area contributed by atoms with Gasteiger partial charge >= 0.3 is 6.18 Å². The Balaban J connectivity index is 1.79. The molecule has 0 saturated carbocycles. The minimum atomic E-state index is -4.77. The van der Waals surface area contributed by atoms with E-state index in [9.17, 15) is 22.8 Å². The number of pyridine rings is 1. The van der Waals surface area contributed by atoms with Gasteiger partial charge in [0.05, 0.1) is 11.4 Å². The number of carbonyl (C=O) groups excluding carboxylic acids is 1. The van der Waals surface area contributed by atoms with Gasteiger partial charge in [0.25, 0.3) is 5.56 Å². The number of benzene rings is 1. The average Bonchev–Trinajstić information content (AvgIpc) is 2.97. The number of nitrogens with zero attached hydrogens (tertiary/aromatic N) is 4. The number of carbonyl (C=O) groups is 1. The maximum atomic E-state index is 12.9. The lowest BCUT2D eigenvalue weighted by atomic mass is 10.2. The van der Waals surface area contributed by atoms with Crippen LogP contribution in [-0.2, 0) is 24.1 Å². The Hall–Kier alpha value is -3.36. The molecular formula is C21H21F3N4O2. The van der Waals surface area contributed by atoms with E-state index in [4.69, 9.17) is 0 Å². The van der Waals surface area contributed by atoms with Crippen molar-refractivity contribution in [2.45, 2.75) is 33.1 Å². The number of amides is 1. The molecule has 30 heavy (non-hydrogen) atoms. The molecule has 0 fully saturated rings. The fraction of sp³-hybridized carbons (Fsp3) is 0.286. The topological polar surface area (TPSA) is 60.1 Å². The van der Waals surface area contributed by atoms with Crippen molar-refractivity contribution in [3.05, 3.63) is 81.5 Å². The predicted octanol–water partition coefficient (Wildman–Crippen LogP) is 3.33. The zero-order valence-electron chi connectivity index (χ0n) is 16.8. The first-order valence-corrected chi connectivity index (χ1v) is 9.20. The van der Waals surface area contributed by atoms with Crippen molar-refractivity contribution in [3.63, 3.8) is 0 Å². The Morgan fingerprint density at radius 3 is 2.40 bits per heavy atom. The maximum absolute atomic E-state index is 12.9. The number of alkyl halides is 3. The van der Waals surface area contributed by atoms with E-state index < -0.39 is 29.8 Å². The van der Waals surface area contributed by atoms with Crippen molar-refractivity contribution in [2.75, 3.05) is 7.05 Å². The molecule has 0 spiro atoms. The van der Waals surface area contributed by atoms with E-state index in [0.717, 1.165) is 33.3 Å². The minimum absolute atomic E-state index is 0.219. The first-order chi connectivity index (χ1) is 14.1. The number of rotatable bonds is 5. The van der Waals surface area contributed by atoms with Crippen molar-refractivity contribution in [1.82, 2.24) is 19.2 Å². The number of aryl methyl sites for hydroxylation is 1. The summed E-state index contributed by atoms with van der Waals surface area (Å²) in [6.07, 6.45) is -3.59. The van der Waals surface area contributed by atoms with Gasteiger partial charge in [-0.05, 0) is 38.1 Å². The van der Waals surface area contributed by atoms with Crippen LogP contribution >= 0.6 is 0 Å². The van der Waals surface area contributed by atoms with E-state index in [-0.39, 0.29) is 6.54 Å². The van der Waals surface area contributed by atoms with E-state index in [0.29, 0.717) is 6.07 Å². The predicted molar refractivity (Wildman–Crippen MR) is 105 cm³/mol. The second kappa shape index (κ2) is 8.17. The molecule has 0 aliphatic heterocycles. The zero-order chi connectivity index (χ0) is 22.1. The molecule has 0 unspecified atom stereocenters. The summed E-state index contributed by atoms with van der Waals surface area (Å²) in [6, 6.07) is 11.3. The fourth-order valence-electron chi connectivity index (χ4n) is 3.19. The monoisotopic (exact) mass is 418 g/mol. The van der Waals surface area contributed by atoms with Crippen molar-refractivity contribution in [2.24, 2.45) is 0 Å². The molecule has 2 aromatic heterocycles. The van der Waals surface area contributed by atoms with Crippen LogP contribution < -0.4 is 5.56 Å². The Morgan fingerprint density at radius 1 is 1.10 bits per heavy atom. The van der Waals surface area contributed by atoms with Gasteiger partial charge in [0.2, 0.25) is 5.91 Å². The molecule has 6 nitrogen and oxygen atoms in total. The normalized spacial score (nSPS) is 11.5. The van der Waals surface area contributed by atoms with Crippen LogP contribution in [0.5, 0.6) is 0 Å². The summed E-state index contributed by atoms with van der Waals surface area (Å²) >= 11 is 0. The highest BCUT2D eigenvalue weighted by molar-refractivity contribution is 5.75. The van der Waals surface area contributed by atoms with Crippen LogP contribution in [0.4, 0.5) is 13.2 Å². The second-order valence-corrected chi connectivity index (χ2v) is 7.00. The molecule has 158 valence electrons. The van der Waals surface area contributed by atoms with E-state index in [1.54, 1.807) is 11.7 Å². The number of para-hydroxylation sites is 1. The van der Waals surface area contributed by atoms with Crippen molar-refractivity contribution >= 4 is 5.91 Å². The van der Waals surface area contributed by atoms with Crippen LogP contribution in [0.2, 0.25) is 0 Å². The highest BCUT2D eigenvalue weighted by atomic mass is 19.4. The smallest absolute Gasteiger partial charge is 0.340 e. The molecule has 0 aliphatic carbocycles. The molecule has 3 aromatic rings.